The number of amides is 1. The van der Waals surface area contributed by atoms with Crippen LogP contribution in [0.25, 0.3) is 0 Å². The second-order valence-electron chi connectivity index (χ2n) is 7.49. The standard InChI is InChI=1S/C18H26F3N3O/c1-13(16(25)22-17(2,3)4)23-8-10-24(11-9-23)15-7-5-6-14(12-15)18(19,20)21/h5-7,12-13H,8-11H2,1-4H3,(H,22,25). The predicted octanol–water partition coefficient (Wildman–Crippen LogP) is 3.13. The second-order valence-corrected chi connectivity index (χ2v) is 7.49. The zero-order valence-corrected chi connectivity index (χ0v) is 15.2. The topological polar surface area (TPSA) is 35.6 Å². The fourth-order valence-corrected chi connectivity index (χ4v) is 2.89. The minimum absolute atomic E-state index is 0.0278. The average Bonchev–Trinajstić information content (AvgIpc) is 2.52. The van der Waals surface area contributed by atoms with E-state index >= 15 is 0 Å². The smallest absolute Gasteiger partial charge is 0.369 e. The third-order valence-electron chi connectivity index (χ3n) is 4.28. The number of alkyl halides is 3. The Morgan fingerprint density at radius 1 is 1.12 bits per heavy atom. The van der Waals surface area contributed by atoms with Gasteiger partial charge in [0.25, 0.3) is 0 Å². The average molecular weight is 357 g/mol. The number of rotatable bonds is 3. The van der Waals surface area contributed by atoms with Crippen LogP contribution in [0.1, 0.15) is 33.3 Å². The van der Waals surface area contributed by atoms with E-state index in [1.165, 1.54) is 12.1 Å². The number of anilines is 1. The molecule has 0 saturated carbocycles. The SMILES string of the molecule is CC(C(=O)NC(C)(C)C)N1CCN(c2cccc(C(F)(F)F)c2)CC1. The molecule has 1 saturated heterocycles. The van der Waals surface area contributed by atoms with Crippen LogP contribution in [0.3, 0.4) is 0 Å². The number of hydrogen-bond acceptors (Lipinski definition) is 3. The Labute approximate surface area is 147 Å². The minimum atomic E-state index is -4.34. The molecule has 1 aliphatic heterocycles. The molecule has 4 nitrogen and oxygen atoms in total. The molecule has 1 unspecified atom stereocenters. The van der Waals surface area contributed by atoms with Crippen molar-refractivity contribution in [3.63, 3.8) is 0 Å². The van der Waals surface area contributed by atoms with Crippen LogP contribution in [-0.4, -0.2) is 48.6 Å². The normalized spacial score (nSPS) is 18.1. The van der Waals surface area contributed by atoms with Crippen LogP contribution in [0.4, 0.5) is 18.9 Å². The van der Waals surface area contributed by atoms with Gasteiger partial charge >= 0.3 is 6.18 Å². The first kappa shape index (κ1) is 19.6. The summed E-state index contributed by atoms with van der Waals surface area (Å²) in [5, 5.41) is 2.96. The Bertz CT molecular complexity index is 602. The maximum atomic E-state index is 12.9. The number of piperazine rings is 1. The summed E-state index contributed by atoms with van der Waals surface area (Å²) in [6.07, 6.45) is -4.34. The molecule has 1 fully saturated rings. The number of carbonyl (C=O) groups is 1. The number of nitrogens with one attached hydrogen (secondary N) is 1. The van der Waals surface area contributed by atoms with Crippen LogP contribution in [0.15, 0.2) is 24.3 Å². The van der Waals surface area contributed by atoms with Gasteiger partial charge in [-0.25, -0.2) is 0 Å². The summed E-state index contributed by atoms with van der Waals surface area (Å²) in [6.45, 7) is 10.1. The van der Waals surface area contributed by atoms with Crippen molar-refractivity contribution >= 4 is 11.6 Å². The van der Waals surface area contributed by atoms with Crippen molar-refractivity contribution in [2.45, 2.75) is 45.5 Å². The third kappa shape index (κ3) is 5.36. The Hall–Kier alpha value is -1.76. The van der Waals surface area contributed by atoms with E-state index in [9.17, 15) is 18.0 Å². The zero-order valence-electron chi connectivity index (χ0n) is 15.2. The lowest BCUT2D eigenvalue weighted by Gasteiger charge is -2.39. The predicted molar refractivity (Wildman–Crippen MR) is 92.6 cm³/mol. The summed E-state index contributed by atoms with van der Waals surface area (Å²) in [6, 6.07) is 5.14. The third-order valence-corrected chi connectivity index (χ3v) is 4.28. The van der Waals surface area contributed by atoms with E-state index in [1.807, 2.05) is 32.6 Å². The molecule has 1 atom stereocenters. The largest absolute Gasteiger partial charge is 0.416 e. The van der Waals surface area contributed by atoms with E-state index in [0.29, 0.717) is 31.9 Å². The molecule has 0 spiro atoms. The van der Waals surface area contributed by atoms with Gasteiger partial charge in [0, 0.05) is 37.4 Å². The Morgan fingerprint density at radius 2 is 1.72 bits per heavy atom. The molecule has 1 amide bonds. The van der Waals surface area contributed by atoms with Crippen LogP contribution in [0.5, 0.6) is 0 Å². The van der Waals surface area contributed by atoms with E-state index in [0.717, 1.165) is 6.07 Å². The van der Waals surface area contributed by atoms with Crippen molar-refractivity contribution in [2.24, 2.45) is 0 Å². The Kier molecular flexibility index (Phi) is 5.66. The Balaban J connectivity index is 1.97. The summed E-state index contributed by atoms with van der Waals surface area (Å²) >= 11 is 0. The van der Waals surface area contributed by atoms with Gasteiger partial charge in [0.2, 0.25) is 5.91 Å². The minimum Gasteiger partial charge on any atom is -0.369 e. The monoisotopic (exact) mass is 357 g/mol. The van der Waals surface area contributed by atoms with Crippen LogP contribution < -0.4 is 10.2 Å². The van der Waals surface area contributed by atoms with Gasteiger partial charge in [-0.15, -0.1) is 0 Å². The number of benzene rings is 1. The molecule has 2 rings (SSSR count). The molecule has 0 aliphatic carbocycles. The van der Waals surface area contributed by atoms with Gasteiger partial charge in [0.15, 0.2) is 0 Å². The first-order chi connectivity index (χ1) is 11.5. The summed E-state index contributed by atoms with van der Waals surface area (Å²) in [4.78, 5) is 16.3. The van der Waals surface area contributed by atoms with E-state index in [-0.39, 0.29) is 17.5 Å². The molecule has 0 bridgehead atoms. The summed E-state index contributed by atoms with van der Waals surface area (Å²) < 4.78 is 38.6. The summed E-state index contributed by atoms with van der Waals surface area (Å²) in [5.41, 5.74) is -0.350. The van der Waals surface area contributed by atoms with E-state index < -0.39 is 11.7 Å². The van der Waals surface area contributed by atoms with Crippen LogP contribution >= 0.6 is 0 Å². The lowest BCUT2D eigenvalue weighted by atomic mass is 10.1. The van der Waals surface area contributed by atoms with Crippen LogP contribution in [0, 0.1) is 0 Å². The quantitative estimate of drug-likeness (QED) is 0.903. The lowest BCUT2D eigenvalue weighted by molar-refractivity contribution is -0.137. The van der Waals surface area contributed by atoms with Gasteiger partial charge in [-0.3, -0.25) is 9.69 Å². The fourth-order valence-electron chi connectivity index (χ4n) is 2.89. The van der Waals surface area contributed by atoms with Crippen molar-refractivity contribution in [3.05, 3.63) is 29.8 Å². The van der Waals surface area contributed by atoms with Gasteiger partial charge in [-0.05, 0) is 45.9 Å². The second kappa shape index (κ2) is 7.23. The molecular formula is C18H26F3N3O. The number of hydrogen-bond donors (Lipinski definition) is 1. The number of halogens is 3. The number of nitrogens with zero attached hydrogens (tertiary/aromatic N) is 2. The van der Waals surface area contributed by atoms with Gasteiger partial charge < -0.3 is 10.2 Å². The summed E-state index contributed by atoms with van der Waals surface area (Å²) in [5.74, 6) is -0.0278. The van der Waals surface area contributed by atoms with Crippen molar-refractivity contribution in [3.8, 4) is 0 Å². The van der Waals surface area contributed by atoms with E-state index in [1.54, 1.807) is 6.07 Å². The maximum Gasteiger partial charge on any atom is 0.416 e. The molecule has 1 aromatic carbocycles. The molecular weight excluding hydrogens is 331 g/mol. The van der Waals surface area contributed by atoms with Gasteiger partial charge in [0.1, 0.15) is 0 Å². The maximum absolute atomic E-state index is 12.9. The fraction of sp³-hybridized carbons (Fsp3) is 0.611. The van der Waals surface area contributed by atoms with Crippen molar-refractivity contribution in [1.82, 2.24) is 10.2 Å². The molecule has 7 heteroatoms. The van der Waals surface area contributed by atoms with Gasteiger partial charge in [-0.2, -0.15) is 13.2 Å². The van der Waals surface area contributed by atoms with E-state index in [4.69, 9.17) is 0 Å². The van der Waals surface area contributed by atoms with E-state index in [2.05, 4.69) is 10.2 Å². The molecule has 25 heavy (non-hydrogen) atoms. The van der Waals surface area contributed by atoms with Crippen molar-refractivity contribution in [2.75, 3.05) is 31.1 Å². The first-order valence-electron chi connectivity index (χ1n) is 8.46. The van der Waals surface area contributed by atoms with Crippen molar-refractivity contribution < 1.29 is 18.0 Å². The molecule has 0 aromatic heterocycles. The zero-order chi connectivity index (χ0) is 18.8. The highest BCUT2D eigenvalue weighted by Crippen LogP contribution is 2.31. The molecule has 1 N–H and O–H groups in total. The van der Waals surface area contributed by atoms with Crippen LogP contribution in [0.2, 0.25) is 0 Å². The molecule has 0 radical (unpaired) electrons. The Morgan fingerprint density at radius 3 is 2.24 bits per heavy atom. The first-order valence-corrected chi connectivity index (χ1v) is 8.46. The highest BCUT2D eigenvalue weighted by molar-refractivity contribution is 5.82. The molecule has 1 aromatic rings. The van der Waals surface area contributed by atoms with Crippen LogP contribution in [-0.2, 0) is 11.0 Å². The highest BCUT2D eigenvalue weighted by Gasteiger charge is 2.32. The number of carbonyl (C=O) groups excluding carboxylic acids is 1. The van der Waals surface area contributed by atoms with Crippen molar-refractivity contribution in [1.29, 1.82) is 0 Å². The molecule has 1 aliphatic rings. The molecule has 1 heterocycles. The lowest BCUT2D eigenvalue weighted by Crippen LogP contribution is -2.56. The highest BCUT2D eigenvalue weighted by atomic mass is 19.4. The molecule has 140 valence electrons. The summed E-state index contributed by atoms with van der Waals surface area (Å²) in [7, 11) is 0. The van der Waals surface area contributed by atoms with Gasteiger partial charge in [0.05, 0.1) is 11.6 Å². The van der Waals surface area contributed by atoms with Gasteiger partial charge in [-0.1, -0.05) is 6.07 Å².